The first-order valence-corrected chi connectivity index (χ1v) is 5.91. The molecule has 0 bridgehead atoms. The number of hydrogen-bond acceptors (Lipinski definition) is 4. The van der Waals surface area contributed by atoms with Crippen LogP contribution in [0.2, 0.25) is 0 Å². The van der Waals surface area contributed by atoms with Crippen molar-refractivity contribution in [1.82, 2.24) is 5.32 Å². The van der Waals surface area contributed by atoms with Crippen LogP contribution in [0.15, 0.2) is 18.2 Å². The van der Waals surface area contributed by atoms with Crippen molar-refractivity contribution in [1.29, 1.82) is 0 Å². The van der Waals surface area contributed by atoms with Crippen LogP contribution in [0.25, 0.3) is 0 Å². The van der Waals surface area contributed by atoms with Gasteiger partial charge in [-0.15, -0.1) is 0 Å². The quantitative estimate of drug-likeness (QED) is 0.659. The fourth-order valence-electron chi connectivity index (χ4n) is 2.00. The van der Waals surface area contributed by atoms with E-state index in [1.165, 1.54) is 12.1 Å². The molecule has 1 aromatic carbocycles. The lowest BCUT2D eigenvalue weighted by Gasteiger charge is -2.22. The third-order valence-electron chi connectivity index (χ3n) is 2.93. The second-order valence-electron chi connectivity index (χ2n) is 4.34. The van der Waals surface area contributed by atoms with E-state index in [1.54, 1.807) is 0 Å². The first-order chi connectivity index (χ1) is 8.65. The van der Waals surface area contributed by atoms with Crippen molar-refractivity contribution in [3.05, 3.63) is 39.7 Å². The van der Waals surface area contributed by atoms with Gasteiger partial charge >= 0.3 is 0 Å². The van der Waals surface area contributed by atoms with Gasteiger partial charge in [0.25, 0.3) is 5.69 Å². The molecule has 1 aliphatic rings. The molecule has 2 rings (SSSR count). The normalized spacial score (nSPS) is 16.7. The molecule has 0 aromatic heterocycles. The average molecular weight is 254 g/mol. The van der Waals surface area contributed by atoms with Gasteiger partial charge in [-0.3, -0.25) is 10.1 Å². The van der Waals surface area contributed by atoms with Gasteiger partial charge in [0.15, 0.2) is 0 Å². The third-order valence-corrected chi connectivity index (χ3v) is 2.93. The highest BCUT2D eigenvalue weighted by Gasteiger charge is 2.15. The predicted molar refractivity (Wildman–Crippen MR) is 63.7 cm³/mol. The van der Waals surface area contributed by atoms with E-state index in [4.69, 9.17) is 4.74 Å². The van der Waals surface area contributed by atoms with Crippen LogP contribution in [0.1, 0.15) is 18.4 Å². The van der Waals surface area contributed by atoms with Crippen LogP contribution in [0.5, 0.6) is 0 Å². The Balaban J connectivity index is 1.97. The lowest BCUT2D eigenvalue weighted by Crippen LogP contribution is -2.32. The first kappa shape index (κ1) is 12.9. The number of nitro groups is 1. The van der Waals surface area contributed by atoms with Gasteiger partial charge in [0, 0.05) is 6.07 Å². The molecule has 1 N–H and O–H groups in total. The number of ether oxygens (including phenoxy) is 1. The lowest BCUT2D eigenvalue weighted by atomic mass is 10.1. The van der Waals surface area contributed by atoms with Crippen molar-refractivity contribution in [3.8, 4) is 0 Å². The summed E-state index contributed by atoms with van der Waals surface area (Å²) in [6, 6.07) is 3.53. The number of benzene rings is 1. The number of non-ortho nitro benzene ring substituents is 1. The van der Waals surface area contributed by atoms with Gasteiger partial charge in [-0.2, -0.15) is 0 Å². The summed E-state index contributed by atoms with van der Waals surface area (Å²) in [4.78, 5) is 10.0. The fourth-order valence-corrected chi connectivity index (χ4v) is 2.00. The first-order valence-electron chi connectivity index (χ1n) is 5.91. The Labute approximate surface area is 104 Å². The molecule has 0 amide bonds. The van der Waals surface area contributed by atoms with E-state index in [-0.39, 0.29) is 18.4 Å². The molecule has 1 aliphatic heterocycles. The van der Waals surface area contributed by atoms with Crippen molar-refractivity contribution in [2.45, 2.75) is 25.6 Å². The van der Waals surface area contributed by atoms with Crippen LogP contribution in [0, 0.1) is 15.9 Å². The van der Waals surface area contributed by atoms with Crippen molar-refractivity contribution in [2.75, 3.05) is 13.1 Å². The molecular weight excluding hydrogens is 239 g/mol. The maximum atomic E-state index is 13.2. The van der Waals surface area contributed by atoms with Gasteiger partial charge < -0.3 is 10.1 Å². The summed E-state index contributed by atoms with van der Waals surface area (Å²) in [6.45, 7) is 2.03. The van der Waals surface area contributed by atoms with Crippen LogP contribution >= 0.6 is 0 Å². The molecule has 6 heteroatoms. The van der Waals surface area contributed by atoms with Crippen molar-refractivity contribution < 1.29 is 14.1 Å². The molecule has 0 unspecified atom stereocenters. The topological polar surface area (TPSA) is 64.4 Å². The second-order valence-corrected chi connectivity index (χ2v) is 4.34. The van der Waals surface area contributed by atoms with Crippen molar-refractivity contribution in [3.63, 3.8) is 0 Å². The van der Waals surface area contributed by atoms with E-state index >= 15 is 0 Å². The summed E-state index contributed by atoms with van der Waals surface area (Å²) < 4.78 is 18.8. The third kappa shape index (κ3) is 3.48. The van der Waals surface area contributed by atoms with Crippen molar-refractivity contribution in [2.24, 2.45) is 0 Å². The Morgan fingerprint density at radius 1 is 1.39 bits per heavy atom. The largest absolute Gasteiger partial charge is 0.373 e. The minimum absolute atomic E-state index is 0.147. The van der Waals surface area contributed by atoms with E-state index < -0.39 is 10.7 Å². The maximum absolute atomic E-state index is 13.2. The minimum Gasteiger partial charge on any atom is -0.373 e. The zero-order chi connectivity index (χ0) is 13.0. The Hall–Kier alpha value is -1.53. The second kappa shape index (κ2) is 5.88. The molecule has 1 heterocycles. The Bertz CT molecular complexity index is 433. The summed E-state index contributed by atoms with van der Waals surface area (Å²) in [6.07, 6.45) is 1.98. The molecule has 0 radical (unpaired) electrons. The van der Waals surface area contributed by atoms with Crippen LogP contribution in [-0.2, 0) is 11.3 Å². The van der Waals surface area contributed by atoms with Crippen molar-refractivity contribution >= 4 is 5.69 Å². The number of nitro benzene ring substituents is 1. The maximum Gasteiger partial charge on any atom is 0.272 e. The number of halogens is 1. The molecule has 5 nitrogen and oxygen atoms in total. The summed E-state index contributed by atoms with van der Waals surface area (Å²) >= 11 is 0. The average Bonchev–Trinajstić information content (AvgIpc) is 2.37. The van der Waals surface area contributed by atoms with Gasteiger partial charge in [0.2, 0.25) is 0 Å². The van der Waals surface area contributed by atoms with Crippen LogP contribution in [-0.4, -0.2) is 24.1 Å². The zero-order valence-corrected chi connectivity index (χ0v) is 9.89. The molecule has 0 atom stereocenters. The number of hydrogen-bond donors (Lipinski definition) is 1. The summed E-state index contributed by atoms with van der Waals surface area (Å²) in [7, 11) is 0. The Morgan fingerprint density at radius 3 is 2.78 bits per heavy atom. The zero-order valence-electron chi connectivity index (χ0n) is 9.89. The summed E-state index contributed by atoms with van der Waals surface area (Å²) in [5.74, 6) is -0.604. The number of rotatable bonds is 4. The van der Waals surface area contributed by atoms with Gasteiger partial charge in [-0.25, -0.2) is 4.39 Å². The molecule has 0 saturated carbocycles. The molecule has 0 aliphatic carbocycles. The molecule has 1 saturated heterocycles. The van der Waals surface area contributed by atoms with E-state index in [0.717, 1.165) is 32.0 Å². The van der Waals surface area contributed by atoms with Crippen LogP contribution in [0.4, 0.5) is 10.1 Å². The monoisotopic (exact) mass is 254 g/mol. The highest BCUT2D eigenvalue weighted by atomic mass is 19.1. The molecule has 98 valence electrons. The standard InChI is InChI=1S/C12H15FN2O3/c13-10-5-9(6-11(7-10)15(16)17)8-18-12-1-3-14-4-2-12/h5-7,12,14H,1-4,8H2. The van der Waals surface area contributed by atoms with Gasteiger partial charge in [-0.05, 0) is 37.6 Å². The summed E-state index contributed by atoms with van der Waals surface area (Å²) in [5.41, 5.74) is 0.263. The van der Waals surface area contributed by atoms with E-state index in [1.807, 2.05) is 0 Å². The van der Waals surface area contributed by atoms with E-state index in [0.29, 0.717) is 5.56 Å². The SMILES string of the molecule is O=[N+]([O-])c1cc(F)cc(COC2CCNCC2)c1. The van der Waals surface area contributed by atoms with Crippen LogP contribution in [0.3, 0.4) is 0 Å². The molecule has 1 fully saturated rings. The highest BCUT2D eigenvalue weighted by molar-refractivity contribution is 5.34. The smallest absolute Gasteiger partial charge is 0.272 e. The minimum atomic E-state index is -0.604. The molecule has 18 heavy (non-hydrogen) atoms. The molecule has 0 spiro atoms. The summed E-state index contributed by atoms with van der Waals surface area (Å²) in [5, 5.41) is 13.8. The van der Waals surface area contributed by atoms with Crippen LogP contribution < -0.4 is 5.32 Å². The number of nitrogens with zero attached hydrogens (tertiary/aromatic N) is 1. The Morgan fingerprint density at radius 2 is 2.11 bits per heavy atom. The Kier molecular flexibility index (Phi) is 4.22. The van der Waals surface area contributed by atoms with Gasteiger partial charge in [0.05, 0.1) is 23.7 Å². The molecular formula is C12H15FN2O3. The van der Waals surface area contributed by atoms with Gasteiger partial charge in [0.1, 0.15) is 5.82 Å². The lowest BCUT2D eigenvalue weighted by molar-refractivity contribution is -0.385. The predicted octanol–water partition coefficient (Wildman–Crippen LogP) is 2.00. The fraction of sp³-hybridized carbons (Fsp3) is 0.500. The van der Waals surface area contributed by atoms with E-state index in [2.05, 4.69) is 5.32 Å². The van der Waals surface area contributed by atoms with E-state index in [9.17, 15) is 14.5 Å². The number of piperidine rings is 1. The molecule has 1 aromatic rings. The van der Waals surface area contributed by atoms with Gasteiger partial charge in [-0.1, -0.05) is 0 Å². The number of nitrogens with one attached hydrogen (secondary N) is 1. The highest BCUT2D eigenvalue weighted by Crippen LogP contribution is 2.18.